The van der Waals surface area contributed by atoms with Gasteiger partial charge in [-0.15, -0.1) is 0 Å². The molecule has 1 N–H and O–H groups in total. The van der Waals surface area contributed by atoms with Gasteiger partial charge in [0.25, 0.3) is 5.91 Å². The highest BCUT2D eigenvalue weighted by atomic mass is 16.2. The molecule has 0 atom stereocenters. The fourth-order valence-electron chi connectivity index (χ4n) is 2.78. The Morgan fingerprint density at radius 1 is 1.09 bits per heavy atom. The summed E-state index contributed by atoms with van der Waals surface area (Å²) in [5, 5.41) is 4.99. The zero-order chi connectivity index (χ0) is 16.4. The zero-order valence-corrected chi connectivity index (χ0v) is 13.6. The van der Waals surface area contributed by atoms with Crippen molar-refractivity contribution in [2.45, 2.75) is 26.7 Å². The van der Waals surface area contributed by atoms with E-state index in [1.807, 2.05) is 50.2 Å². The van der Waals surface area contributed by atoms with Crippen LogP contribution >= 0.6 is 0 Å². The number of rotatable bonds is 5. The van der Waals surface area contributed by atoms with Crippen LogP contribution in [0.1, 0.15) is 37.0 Å². The van der Waals surface area contributed by atoms with Crippen molar-refractivity contribution >= 4 is 28.3 Å². The summed E-state index contributed by atoms with van der Waals surface area (Å²) >= 11 is 0. The summed E-state index contributed by atoms with van der Waals surface area (Å²) in [5.41, 5.74) is 1.19. The molecule has 2 aromatic rings. The van der Waals surface area contributed by atoms with Gasteiger partial charge in [-0.3, -0.25) is 9.59 Å². The molecule has 4 nitrogen and oxygen atoms in total. The van der Waals surface area contributed by atoms with Crippen molar-refractivity contribution in [3.05, 3.63) is 42.0 Å². The molecule has 1 fully saturated rings. The van der Waals surface area contributed by atoms with Gasteiger partial charge in [-0.1, -0.05) is 24.3 Å². The van der Waals surface area contributed by atoms with E-state index in [1.54, 1.807) is 4.90 Å². The number of nitrogens with one attached hydrogen (secondary N) is 1. The maximum Gasteiger partial charge on any atom is 0.255 e. The Morgan fingerprint density at radius 3 is 2.26 bits per heavy atom. The molecule has 1 aliphatic carbocycles. The van der Waals surface area contributed by atoms with Crippen molar-refractivity contribution in [2.75, 3.05) is 18.4 Å². The maximum atomic E-state index is 12.8. The molecule has 0 aromatic heterocycles. The van der Waals surface area contributed by atoms with Gasteiger partial charge in [0.05, 0.1) is 11.3 Å². The second-order valence-electron chi connectivity index (χ2n) is 5.99. The highest BCUT2D eigenvalue weighted by Crippen LogP contribution is 2.32. The first-order valence-electron chi connectivity index (χ1n) is 8.27. The molecule has 4 heteroatoms. The summed E-state index contributed by atoms with van der Waals surface area (Å²) < 4.78 is 0. The van der Waals surface area contributed by atoms with Crippen LogP contribution in [0.5, 0.6) is 0 Å². The summed E-state index contributed by atoms with van der Waals surface area (Å²) in [6.45, 7) is 5.23. The van der Waals surface area contributed by atoms with Gasteiger partial charge in [0.15, 0.2) is 0 Å². The number of nitrogens with zero attached hydrogens (tertiary/aromatic N) is 1. The molecule has 0 bridgehead atoms. The molecule has 0 unspecified atom stereocenters. The monoisotopic (exact) mass is 310 g/mol. The summed E-state index contributed by atoms with van der Waals surface area (Å²) in [5.74, 6) is 0.0959. The molecule has 3 rings (SSSR count). The predicted octanol–water partition coefficient (Wildman–Crippen LogP) is 3.67. The Labute approximate surface area is 136 Å². The third kappa shape index (κ3) is 3.21. The van der Waals surface area contributed by atoms with Crippen LogP contribution in [0.15, 0.2) is 36.4 Å². The van der Waals surface area contributed by atoms with Crippen LogP contribution in [0.4, 0.5) is 5.69 Å². The zero-order valence-electron chi connectivity index (χ0n) is 13.6. The largest absolute Gasteiger partial charge is 0.339 e. The van der Waals surface area contributed by atoms with E-state index in [1.165, 1.54) is 0 Å². The molecule has 0 aliphatic heterocycles. The number of benzene rings is 2. The van der Waals surface area contributed by atoms with E-state index < -0.39 is 0 Å². The molecule has 1 saturated carbocycles. The van der Waals surface area contributed by atoms with Crippen LogP contribution in [0.2, 0.25) is 0 Å². The SMILES string of the molecule is CCN(CC)C(=O)c1cc2ccccc2cc1NC(=O)C1CC1. The summed E-state index contributed by atoms with van der Waals surface area (Å²) in [6, 6.07) is 11.7. The van der Waals surface area contributed by atoms with Gasteiger partial charge in [-0.2, -0.15) is 0 Å². The highest BCUT2D eigenvalue weighted by molar-refractivity contribution is 6.08. The minimum atomic E-state index is -0.0353. The third-order valence-corrected chi connectivity index (χ3v) is 4.37. The van der Waals surface area contributed by atoms with E-state index in [4.69, 9.17) is 0 Å². The average molecular weight is 310 g/mol. The van der Waals surface area contributed by atoms with E-state index in [2.05, 4.69) is 5.32 Å². The average Bonchev–Trinajstić information content (AvgIpc) is 3.40. The fraction of sp³-hybridized carbons (Fsp3) is 0.368. The Morgan fingerprint density at radius 2 is 1.70 bits per heavy atom. The lowest BCUT2D eigenvalue weighted by Crippen LogP contribution is -2.31. The Hall–Kier alpha value is -2.36. The minimum Gasteiger partial charge on any atom is -0.339 e. The standard InChI is InChI=1S/C19H22N2O2/c1-3-21(4-2)19(23)16-11-14-7-5-6-8-15(14)12-17(16)20-18(22)13-9-10-13/h5-8,11-13H,3-4,9-10H2,1-2H3,(H,20,22). The van der Waals surface area contributed by atoms with Gasteiger partial charge < -0.3 is 10.2 Å². The molecule has 2 aromatic carbocycles. The number of hydrogen-bond donors (Lipinski definition) is 1. The van der Waals surface area contributed by atoms with E-state index in [0.717, 1.165) is 23.6 Å². The van der Waals surface area contributed by atoms with E-state index in [0.29, 0.717) is 24.3 Å². The summed E-state index contributed by atoms with van der Waals surface area (Å²) in [4.78, 5) is 26.7. The van der Waals surface area contributed by atoms with Gasteiger partial charge in [0.1, 0.15) is 0 Å². The number of amides is 2. The van der Waals surface area contributed by atoms with Crippen molar-refractivity contribution in [3.8, 4) is 0 Å². The predicted molar refractivity (Wildman–Crippen MR) is 92.6 cm³/mol. The Bertz CT molecular complexity index is 746. The lowest BCUT2D eigenvalue weighted by Gasteiger charge is -2.21. The van der Waals surface area contributed by atoms with Gasteiger partial charge in [0, 0.05) is 19.0 Å². The van der Waals surface area contributed by atoms with Gasteiger partial charge in [0.2, 0.25) is 5.91 Å². The number of anilines is 1. The number of hydrogen-bond acceptors (Lipinski definition) is 2. The van der Waals surface area contributed by atoms with Crippen LogP contribution < -0.4 is 5.32 Å². The van der Waals surface area contributed by atoms with Gasteiger partial charge in [-0.25, -0.2) is 0 Å². The molecule has 23 heavy (non-hydrogen) atoms. The fourth-order valence-corrected chi connectivity index (χ4v) is 2.78. The van der Waals surface area contributed by atoms with Crippen LogP contribution in [0, 0.1) is 5.92 Å². The number of carbonyl (C=O) groups is 2. The Balaban J connectivity index is 2.04. The van der Waals surface area contributed by atoms with Crippen molar-refractivity contribution in [1.29, 1.82) is 0 Å². The van der Waals surface area contributed by atoms with Crippen molar-refractivity contribution < 1.29 is 9.59 Å². The summed E-state index contributed by atoms with van der Waals surface area (Å²) in [7, 11) is 0. The summed E-state index contributed by atoms with van der Waals surface area (Å²) in [6.07, 6.45) is 1.89. The van der Waals surface area contributed by atoms with Crippen LogP contribution in [0.3, 0.4) is 0 Å². The van der Waals surface area contributed by atoms with Crippen molar-refractivity contribution in [1.82, 2.24) is 4.90 Å². The molecular formula is C19H22N2O2. The molecule has 0 radical (unpaired) electrons. The number of fused-ring (bicyclic) bond motifs is 1. The van der Waals surface area contributed by atoms with Crippen molar-refractivity contribution in [2.24, 2.45) is 5.92 Å². The quantitative estimate of drug-likeness (QED) is 0.916. The topological polar surface area (TPSA) is 49.4 Å². The smallest absolute Gasteiger partial charge is 0.255 e. The molecule has 0 heterocycles. The Kier molecular flexibility index (Phi) is 4.33. The van der Waals surface area contributed by atoms with E-state index in [9.17, 15) is 9.59 Å². The lowest BCUT2D eigenvalue weighted by molar-refractivity contribution is -0.117. The maximum absolute atomic E-state index is 12.8. The highest BCUT2D eigenvalue weighted by Gasteiger charge is 2.30. The first-order chi connectivity index (χ1) is 11.1. The minimum absolute atomic E-state index is 0.0221. The molecule has 2 amide bonds. The molecule has 1 aliphatic rings. The molecular weight excluding hydrogens is 288 g/mol. The van der Waals surface area contributed by atoms with Gasteiger partial charge >= 0.3 is 0 Å². The first kappa shape index (κ1) is 15.5. The molecule has 0 saturated heterocycles. The molecule has 0 spiro atoms. The molecule has 120 valence electrons. The normalized spacial score (nSPS) is 13.8. The number of carbonyl (C=O) groups excluding carboxylic acids is 2. The second-order valence-corrected chi connectivity index (χ2v) is 5.99. The van der Waals surface area contributed by atoms with Crippen LogP contribution in [-0.2, 0) is 4.79 Å². The second kappa shape index (κ2) is 6.41. The van der Waals surface area contributed by atoms with Crippen LogP contribution in [0.25, 0.3) is 10.8 Å². The first-order valence-corrected chi connectivity index (χ1v) is 8.27. The van der Waals surface area contributed by atoms with Gasteiger partial charge in [-0.05, 0) is 49.6 Å². The third-order valence-electron chi connectivity index (χ3n) is 4.37. The van der Waals surface area contributed by atoms with Crippen molar-refractivity contribution in [3.63, 3.8) is 0 Å². The van der Waals surface area contributed by atoms with E-state index in [-0.39, 0.29) is 17.7 Å². The van der Waals surface area contributed by atoms with Crippen LogP contribution in [-0.4, -0.2) is 29.8 Å². The van der Waals surface area contributed by atoms with E-state index >= 15 is 0 Å². The lowest BCUT2D eigenvalue weighted by atomic mass is 10.0.